The molecule has 136 valence electrons. The van der Waals surface area contributed by atoms with Crippen LogP contribution in [-0.2, 0) is 12.3 Å². The second kappa shape index (κ2) is 8.36. The first-order valence-electron chi connectivity index (χ1n) is 8.60. The van der Waals surface area contributed by atoms with Gasteiger partial charge in [0.25, 0.3) is 0 Å². The molecule has 0 saturated carbocycles. The van der Waals surface area contributed by atoms with E-state index in [-0.39, 0.29) is 11.9 Å². The number of aromatic nitrogens is 3. The number of ether oxygens (including phenoxy) is 1. The Morgan fingerprint density at radius 3 is 2.42 bits per heavy atom. The van der Waals surface area contributed by atoms with Crippen molar-refractivity contribution in [1.29, 1.82) is 0 Å². The lowest BCUT2D eigenvalue weighted by molar-refractivity contribution is 0.209. The number of hydrogen-bond acceptors (Lipinski definition) is 4. The molecule has 0 aliphatic carbocycles. The Morgan fingerprint density at radius 2 is 1.77 bits per heavy atom. The number of aryl methyl sites for hydroxylation is 1. The highest BCUT2D eigenvalue weighted by molar-refractivity contribution is 7.98. The molecule has 6 heteroatoms. The van der Waals surface area contributed by atoms with Crippen LogP contribution in [-0.4, -0.2) is 14.8 Å². The molecule has 0 fully saturated rings. The minimum atomic E-state index is -0.281. The number of thioether (sulfide) groups is 1. The maximum atomic E-state index is 13.0. The third kappa shape index (κ3) is 4.43. The molecule has 3 rings (SSSR count). The molecule has 1 heterocycles. The average molecular weight is 371 g/mol. The predicted molar refractivity (Wildman–Crippen MR) is 102 cm³/mol. The Balaban J connectivity index is 1.70. The highest BCUT2D eigenvalue weighted by Gasteiger charge is 2.18. The number of halogens is 1. The molecule has 0 amide bonds. The monoisotopic (exact) mass is 371 g/mol. The molecule has 1 aromatic heterocycles. The van der Waals surface area contributed by atoms with Crippen molar-refractivity contribution in [1.82, 2.24) is 14.8 Å². The predicted octanol–water partition coefficient (Wildman–Crippen LogP) is 5.18. The average Bonchev–Trinajstić information content (AvgIpc) is 3.06. The molecule has 0 aliphatic rings. The second-order valence-electron chi connectivity index (χ2n) is 6.07. The SMILES string of the molecule is CCn1c(SCc2ccc(C)cc2)nnc1C(C)Oc1ccc(F)cc1. The maximum Gasteiger partial charge on any atom is 0.191 e. The van der Waals surface area contributed by atoms with Crippen LogP contribution in [0.2, 0.25) is 0 Å². The van der Waals surface area contributed by atoms with E-state index in [1.165, 1.54) is 23.3 Å². The van der Waals surface area contributed by atoms with E-state index in [1.54, 1.807) is 23.9 Å². The third-order valence-corrected chi connectivity index (χ3v) is 5.08. The molecule has 2 aromatic carbocycles. The number of nitrogens with zero attached hydrogens (tertiary/aromatic N) is 3. The van der Waals surface area contributed by atoms with Crippen LogP contribution in [0.4, 0.5) is 4.39 Å². The summed E-state index contributed by atoms with van der Waals surface area (Å²) in [5.41, 5.74) is 2.51. The van der Waals surface area contributed by atoms with E-state index in [9.17, 15) is 4.39 Å². The van der Waals surface area contributed by atoms with Crippen LogP contribution in [0.5, 0.6) is 5.75 Å². The van der Waals surface area contributed by atoms with E-state index in [0.717, 1.165) is 23.3 Å². The van der Waals surface area contributed by atoms with E-state index < -0.39 is 0 Å². The molecule has 0 N–H and O–H groups in total. The minimum absolute atomic E-state index is 0.276. The van der Waals surface area contributed by atoms with Gasteiger partial charge in [0.05, 0.1) is 0 Å². The Kier molecular flexibility index (Phi) is 5.93. The standard InChI is InChI=1S/C20H22FN3OS/c1-4-24-19(15(3)25-18-11-9-17(21)10-12-18)22-23-20(24)26-13-16-7-5-14(2)6-8-16/h5-12,15H,4,13H2,1-3H3. The lowest BCUT2D eigenvalue weighted by Gasteiger charge is -2.15. The first-order valence-corrected chi connectivity index (χ1v) is 9.59. The maximum absolute atomic E-state index is 13.0. The van der Waals surface area contributed by atoms with Crippen LogP contribution in [0.25, 0.3) is 0 Å². The van der Waals surface area contributed by atoms with Gasteiger partial charge in [-0.15, -0.1) is 10.2 Å². The molecule has 1 atom stereocenters. The zero-order chi connectivity index (χ0) is 18.5. The van der Waals surface area contributed by atoms with Crippen LogP contribution in [0, 0.1) is 12.7 Å². The summed E-state index contributed by atoms with van der Waals surface area (Å²) in [4.78, 5) is 0. The van der Waals surface area contributed by atoms with Crippen LogP contribution in [0.15, 0.2) is 53.7 Å². The van der Waals surface area contributed by atoms with Gasteiger partial charge in [-0.1, -0.05) is 41.6 Å². The Labute approximate surface area is 157 Å². The zero-order valence-corrected chi connectivity index (χ0v) is 16.0. The topological polar surface area (TPSA) is 39.9 Å². The van der Waals surface area contributed by atoms with Gasteiger partial charge < -0.3 is 9.30 Å². The van der Waals surface area contributed by atoms with Gasteiger partial charge in [-0.3, -0.25) is 0 Å². The van der Waals surface area contributed by atoms with Crippen molar-refractivity contribution in [2.75, 3.05) is 0 Å². The van der Waals surface area contributed by atoms with E-state index in [1.807, 2.05) is 6.92 Å². The summed E-state index contributed by atoms with van der Waals surface area (Å²) >= 11 is 1.66. The normalized spacial score (nSPS) is 12.2. The summed E-state index contributed by atoms with van der Waals surface area (Å²) in [7, 11) is 0. The Hall–Kier alpha value is -2.34. The molecule has 26 heavy (non-hydrogen) atoms. The molecule has 0 aliphatic heterocycles. The number of rotatable bonds is 7. The summed E-state index contributed by atoms with van der Waals surface area (Å²) in [5, 5.41) is 9.53. The quantitative estimate of drug-likeness (QED) is 0.537. The highest BCUT2D eigenvalue weighted by atomic mass is 32.2. The van der Waals surface area contributed by atoms with Crippen molar-refractivity contribution in [3.63, 3.8) is 0 Å². The molecule has 3 aromatic rings. The summed E-state index contributed by atoms with van der Waals surface area (Å²) in [5.74, 6) is 1.93. The molecular formula is C20H22FN3OS. The van der Waals surface area contributed by atoms with Gasteiger partial charge in [0, 0.05) is 12.3 Å². The van der Waals surface area contributed by atoms with Crippen molar-refractivity contribution in [3.8, 4) is 5.75 Å². The van der Waals surface area contributed by atoms with Crippen LogP contribution in [0.1, 0.15) is 36.9 Å². The van der Waals surface area contributed by atoms with E-state index in [0.29, 0.717) is 5.75 Å². The Morgan fingerprint density at radius 1 is 1.08 bits per heavy atom. The zero-order valence-electron chi connectivity index (χ0n) is 15.1. The molecular weight excluding hydrogens is 349 g/mol. The van der Waals surface area contributed by atoms with Gasteiger partial charge in [0.15, 0.2) is 17.1 Å². The van der Waals surface area contributed by atoms with E-state index in [4.69, 9.17) is 4.74 Å². The van der Waals surface area contributed by atoms with E-state index in [2.05, 4.69) is 52.9 Å². The molecule has 0 radical (unpaired) electrons. The number of hydrogen-bond donors (Lipinski definition) is 0. The molecule has 1 unspecified atom stereocenters. The van der Waals surface area contributed by atoms with Gasteiger partial charge >= 0.3 is 0 Å². The van der Waals surface area contributed by atoms with Crippen molar-refractivity contribution < 1.29 is 9.13 Å². The fraction of sp³-hybridized carbons (Fsp3) is 0.300. The lowest BCUT2D eigenvalue weighted by Crippen LogP contribution is -2.12. The minimum Gasteiger partial charge on any atom is -0.483 e. The van der Waals surface area contributed by atoms with Crippen molar-refractivity contribution >= 4 is 11.8 Å². The van der Waals surface area contributed by atoms with Gasteiger partial charge in [-0.25, -0.2) is 4.39 Å². The fourth-order valence-electron chi connectivity index (χ4n) is 2.61. The third-order valence-electron chi connectivity index (χ3n) is 4.04. The smallest absolute Gasteiger partial charge is 0.191 e. The van der Waals surface area contributed by atoms with E-state index >= 15 is 0 Å². The first kappa shape index (κ1) is 18.5. The van der Waals surface area contributed by atoms with Crippen molar-refractivity contribution in [3.05, 3.63) is 71.3 Å². The van der Waals surface area contributed by atoms with Crippen molar-refractivity contribution in [2.45, 2.75) is 44.3 Å². The lowest BCUT2D eigenvalue weighted by atomic mass is 10.2. The van der Waals surface area contributed by atoms with Crippen LogP contribution in [0.3, 0.4) is 0 Å². The summed E-state index contributed by atoms with van der Waals surface area (Å²) in [6, 6.07) is 14.5. The van der Waals surface area contributed by atoms with Crippen molar-refractivity contribution in [2.24, 2.45) is 0 Å². The number of benzene rings is 2. The van der Waals surface area contributed by atoms with Gasteiger partial charge in [0.2, 0.25) is 0 Å². The second-order valence-corrected chi connectivity index (χ2v) is 7.02. The fourth-order valence-corrected chi connectivity index (χ4v) is 3.57. The summed E-state index contributed by atoms with van der Waals surface area (Å²) in [6.07, 6.45) is -0.276. The van der Waals surface area contributed by atoms with Gasteiger partial charge in [0.1, 0.15) is 11.6 Å². The largest absolute Gasteiger partial charge is 0.483 e. The first-order chi connectivity index (χ1) is 12.6. The van der Waals surface area contributed by atoms with Gasteiger partial charge in [-0.05, 0) is 50.6 Å². The van der Waals surface area contributed by atoms with Gasteiger partial charge in [-0.2, -0.15) is 0 Å². The van der Waals surface area contributed by atoms with Crippen LogP contribution < -0.4 is 4.74 Å². The molecule has 0 saturated heterocycles. The molecule has 4 nitrogen and oxygen atoms in total. The Bertz CT molecular complexity index is 846. The van der Waals surface area contributed by atoms with Crippen LogP contribution >= 0.6 is 11.8 Å². The highest BCUT2D eigenvalue weighted by Crippen LogP contribution is 2.26. The summed E-state index contributed by atoms with van der Waals surface area (Å²) < 4.78 is 21.0. The molecule has 0 bridgehead atoms. The molecule has 0 spiro atoms. The summed E-state index contributed by atoms with van der Waals surface area (Å²) in [6.45, 7) is 6.83.